The molecule has 0 bridgehead atoms. The van der Waals surface area contributed by atoms with Crippen molar-refractivity contribution in [3.8, 4) is 0 Å². The van der Waals surface area contributed by atoms with Gasteiger partial charge in [-0.15, -0.1) is 0 Å². The zero-order valence-corrected chi connectivity index (χ0v) is 10.2. The van der Waals surface area contributed by atoms with Crippen molar-refractivity contribution in [1.29, 1.82) is 0 Å². The smallest absolute Gasteiger partial charge is 0.0446 e. The number of hydrogen-bond acceptors (Lipinski definition) is 3. The summed E-state index contributed by atoms with van der Waals surface area (Å²) in [4.78, 5) is 2.45. The van der Waals surface area contributed by atoms with Gasteiger partial charge in [-0.3, -0.25) is 0 Å². The zero-order chi connectivity index (χ0) is 11.1. The average Bonchev–Trinajstić information content (AvgIpc) is 2.11. The molecule has 0 spiro atoms. The molecule has 1 saturated carbocycles. The van der Waals surface area contributed by atoms with Crippen LogP contribution in [0.3, 0.4) is 0 Å². The Hall–Kier alpha value is -0.120. The highest BCUT2D eigenvalue weighted by Gasteiger charge is 2.23. The first-order valence-corrected chi connectivity index (χ1v) is 6.32. The molecule has 1 rings (SSSR count). The van der Waals surface area contributed by atoms with Crippen molar-refractivity contribution in [3.63, 3.8) is 0 Å². The number of aliphatic hydroxyl groups excluding tert-OH is 1. The quantitative estimate of drug-likeness (QED) is 0.638. The number of nitrogens with zero attached hydrogens (tertiary/aromatic N) is 1. The van der Waals surface area contributed by atoms with Crippen LogP contribution in [0.1, 0.15) is 39.0 Å². The van der Waals surface area contributed by atoms with E-state index in [1.807, 2.05) is 0 Å². The SMILES string of the molecule is CCCNC(CCO)CN(C)C1CCC1. The molecule has 0 radical (unpaired) electrons. The Morgan fingerprint density at radius 1 is 1.47 bits per heavy atom. The lowest BCUT2D eigenvalue weighted by Crippen LogP contribution is -2.46. The Balaban J connectivity index is 2.21. The number of hydrogen-bond donors (Lipinski definition) is 2. The summed E-state index contributed by atoms with van der Waals surface area (Å²) >= 11 is 0. The molecule has 15 heavy (non-hydrogen) atoms. The standard InChI is InChI=1S/C12H26N2O/c1-3-8-13-11(7-9-15)10-14(2)12-5-4-6-12/h11-13,15H,3-10H2,1-2H3. The molecule has 1 atom stereocenters. The van der Waals surface area contributed by atoms with Gasteiger partial charge in [0.25, 0.3) is 0 Å². The third-order valence-electron chi connectivity index (χ3n) is 3.37. The molecule has 0 heterocycles. The Bertz CT molecular complexity index is 160. The average molecular weight is 214 g/mol. The van der Waals surface area contributed by atoms with Crippen LogP contribution in [0, 0.1) is 0 Å². The van der Waals surface area contributed by atoms with Crippen molar-refractivity contribution in [2.45, 2.75) is 51.1 Å². The van der Waals surface area contributed by atoms with Gasteiger partial charge in [0, 0.05) is 25.2 Å². The van der Waals surface area contributed by atoms with Crippen LogP contribution in [0.25, 0.3) is 0 Å². The molecule has 1 aliphatic rings. The third kappa shape index (κ3) is 4.49. The number of rotatable bonds is 8. The maximum atomic E-state index is 9.00. The van der Waals surface area contributed by atoms with Crippen LogP contribution < -0.4 is 5.32 Å². The van der Waals surface area contributed by atoms with Crippen molar-refractivity contribution >= 4 is 0 Å². The van der Waals surface area contributed by atoms with E-state index in [2.05, 4.69) is 24.2 Å². The van der Waals surface area contributed by atoms with E-state index in [4.69, 9.17) is 5.11 Å². The second-order valence-electron chi connectivity index (χ2n) is 4.69. The lowest BCUT2D eigenvalue weighted by atomic mass is 9.91. The lowest BCUT2D eigenvalue weighted by molar-refractivity contribution is 0.136. The highest BCUT2D eigenvalue weighted by molar-refractivity contribution is 4.81. The van der Waals surface area contributed by atoms with Crippen molar-refractivity contribution in [2.75, 3.05) is 26.7 Å². The Kier molecular flexibility index (Phi) is 6.22. The second-order valence-corrected chi connectivity index (χ2v) is 4.69. The molecule has 1 unspecified atom stereocenters. The summed E-state index contributed by atoms with van der Waals surface area (Å²) in [5.41, 5.74) is 0. The fraction of sp³-hybridized carbons (Fsp3) is 1.00. The first-order valence-electron chi connectivity index (χ1n) is 6.32. The molecule has 3 heteroatoms. The van der Waals surface area contributed by atoms with Crippen LogP contribution in [-0.4, -0.2) is 48.8 Å². The van der Waals surface area contributed by atoms with E-state index < -0.39 is 0 Å². The van der Waals surface area contributed by atoms with E-state index in [1.165, 1.54) is 19.3 Å². The van der Waals surface area contributed by atoms with Gasteiger partial charge in [0.15, 0.2) is 0 Å². The van der Waals surface area contributed by atoms with Crippen LogP contribution in [-0.2, 0) is 0 Å². The molecule has 0 aromatic rings. The molecule has 0 amide bonds. The topological polar surface area (TPSA) is 35.5 Å². The number of nitrogens with one attached hydrogen (secondary N) is 1. The molecular weight excluding hydrogens is 188 g/mol. The summed E-state index contributed by atoms with van der Waals surface area (Å²) in [6, 6.07) is 1.26. The van der Waals surface area contributed by atoms with Gasteiger partial charge >= 0.3 is 0 Å². The third-order valence-corrected chi connectivity index (χ3v) is 3.37. The molecule has 90 valence electrons. The molecule has 3 nitrogen and oxygen atoms in total. The molecule has 0 aromatic heterocycles. The summed E-state index contributed by atoms with van der Waals surface area (Å²) < 4.78 is 0. The summed E-state index contributed by atoms with van der Waals surface area (Å²) in [5, 5.41) is 12.5. The fourth-order valence-electron chi connectivity index (χ4n) is 2.09. The Morgan fingerprint density at radius 2 is 2.20 bits per heavy atom. The van der Waals surface area contributed by atoms with E-state index >= 15 is 0 Å². The number of aliphatic hydroxyl groups is 1. The van der Waals surface area contributed by atoms with Gasteiger partial charge < -0.3 is 15.3 Å². The van der Waals surface area contributed by atoms with E-state index in [-0.39, 0.29) is 0 Å². The Labute approximate surface area is 93.9 Å². The highest BCUT2D eigenvalue weighted by atomic mass is 16.3. The molecule has 0 aromatic carbocycles. The summed E-state index contributed by atoms with van der Waals surface area (Å²) in [7, 11) is 2.21. The highest BCUT2D eigenvalue weighted by Crippen LogP contribution is 2.23. The van der Waals surface area contributed by atoms with Gasteiger partial charge in [0.1, 0.15) is 0 Å². The predicted octanol–water partition coefficient (Wildman–Crippen LogP) is 1.22. The second kappa shape index (κ2) is 7.20. The van der Waals surface area contributed by atoms with Gasteiger partial charge in [0.05, 0.1) is 0 Å². The van der Waals surface area contributed by atoms with Crippen LogP contribution in [0.15, 0.2) is 0 Å². The van der Waals surface area contributed by atoms with Crippen LogP contribution >= 0.6 is 0 Å². The normalized spacial score (nSPS) is 19.2. The van der Waals surface area contributed by atoms with Crippen molar-refractivity contribution in [3.05, 3.63) is 0 Å². The maximum Gasteiger partial charge on any atom is 0.0446 e. The number of likely N-dealkylation sites (N-methyl/N-ethyl adjacent to an activating group) is 1. The van der Waals surface area contributed by atoms with Gasteiger partial charge in [-0.05, 0) is 39.3 Å². The lowest BCUT2D eigenvalue weighted by Gasteiger charge is -2.37. The van der Waals surface area contributed by atoms with Gasteiger partial charge in [-0.25, -0.2) is 0 Å². The van der Waals surface area contributed by atoms with Gasteiger partial charge in [-0.1, -0.05) is 13.3 Å². The minimum atomic E-state index is 0.292. The molecule has 0 aliphatic heterocycles. The summed E-state index contributed by atoms with van der Waals surface area (Å²) in [5.74, 6) is 0. The minimum Gasteiger partial charge on any atom is -0.396 e. The van der Waals surface area contributed by atoms with E-state index in [1.54, 1.807) is 0 Å². The van der Waals surface area contributed by atoms with E-state index in [9.17, 15) is 0 Å². The molecule has 0 saturated heterocycles. The molecule has 1 aliphatic carbocycles. The monoisotopic (exact) mass is 214 g/mol. The van der Waals surface area contributed by atoms with Crippen LogP contribution in [0.2, 0.25) is 0 Å². The van der Waals surface area contributed by atoms with Crippen LogP contribution in [0.4, 0.5) is 0 Å². The first-order chi connectivity index (χ1) is 7.27. The summed E-state index contributed by atoms with van der Waals surface area (Å²) in [6.07, 6.45) is 6.14. The van der Waals surface area contributed by atoms with Crippen molar-refractivity contribution in [1.82, 2.24) is 10.2 Å². The van der Waals surface area contributed by atoms with Crippen molar-refractivity contribution < 1.29 is 5.11 Å². The van der Waals surface area contributed by atoms with Crippen LogP contribution in [0.5, 0.6) is 0 Å². The summed E-state index contributed by atoms with van der Waals surface area (Å²) in [6.45, 7) is 4.60. The van der Waals surface area contributed by atoms with Gasteiger partial charge in [-0.2, -0.15) is 0 Å². The molecular formula is C12H26N2O. The zero-order valence-electron chi connectivity index (χ0n) is 10.2. The fourth-order valence-corrected chi connectivity index (χ4v) is 2.09. The predicted molar refractivity (Wildman–Crippen MR) is 64.1 cm³/mol. The minimum absolute atomic E-state index is 0.292. The van der Waals surface area contributed by atoms with Gasteiger partial charge in [0.2, 0.25) is 0 Å². The maximum absolute atomic E-state index is 9.00. The van der Waals surface area contributed by atoms with E-state index in [0.717, 1.165) is 32.0 Å². The van der Waals surface area contributed by atoms with Crippen molar-refractivity contribution in [2.24, 2.45) is 0 Å². The molecule has 1 fully saturated rings. The Morgan fingerprint density at radius 3 is 2.67 bits per heavy atom. The molecule has 2 N–H and O–H groups in total. The largest absolute Gasteiger partial charge is 0.396 e. The van der Waals surface area contributed by atoms with E-state index in [0.29, 0.717) is 12.6 Å². The first kappa shape index (κ1) is 12.9.